The number of nitrogens with one attached hydrogen (secondary N) is 1. The van der Waals surface area contributed by atoms with Crippen molar-refractivity contribution in [2.45, 2.75) is 25.8 Å². The van der Waals surface area contributed by atoms with Crippen molar-refractivity contribution >= 4 is 17.5 Å². The Kier molecular flexibility index (Phi) is 4.89. The molecule has 1 N–H and O–H groups in total. The molecular weight excluding hydrogens is 356 g/mol. The number of aromatic nitrogens is 2. The zero-order valence-corrected chi connectivity index (χ0v) is 15.5. The van der Waals surface area contributed by atoms with Crippen molar-refractivity contribution in [3.63, 3.8) is 0 Å². The second-order valence-corrected chi connectivity index (χ2v) is 6.74. The molecule has 1 atom stereocenters. The summed E-state index contributed by atoms with van der Waals surface area (Å²) in [6.45, 7) is 2.10. The molecule has 0 radical (unpaired) electrons. The van der Waals surface area contributed by atoms with E-state index in [9.17, 15) is 9.59 Å². The van der Waals surface area contributed by atoms with Crippen LogP contribution in [0.15, 0.2) is 59.1 Å². The van der Waals surface area contributed by atoms with Gasteiger partial charge in [-0.3, -0.25) is 4.79 Å². The van der Waals surface area contributed by atoms with Gasteiger partial charge < -0.3 is 14.7 Å². The lowest BCUT2D eigenvalue weighted by molar-refractivity contribution is 0.101. The van der Waals surface area contributed by atoms with Gasteiger partial charge in [0.1, 0.15) is 6.04 Å². The van der Waals surface area contributed by atoms with E-state index in [1.165, 1.54) is 6.92 Å². The summed E-state index contributed by atoms with van der Waals surface area (Å²) in [5.74, 6) is 0.899. The highest BCUT2D eigenvalue weighted by atomic mass is 16.5. The lowest BCUT2D eigenvalue weighted by atomic mass is 10.1. The minimum atomic E-state index is -0.263. The molecule has 7 nitrogen and oxygen atoms in total. The first-order valence-electron chi connectivity index (χ1n) is 9.19. The number of amides is 2. The van der Waals surface area contributed by atoms with Gasteiger partial charge in [0, 0.05) is 23.4 Å². The van der Waals surface area contributed by atoms with Crippen LogP contribution in [0.3, 0.4) is 0 Å². The highest BCUT2D eigenvalue weighted by Gasteiger charge is 2.34. The van der Waals surface area contributed by atoms with Gasteiger partial charge in [-0.25, -0.2) is 4.79 Å². The van der Waals surface area contributed by atoms with E-state index in [1.807, 2.05) is 30.3 Å². The first kappa shape index (κ1) is 17.9. The van der Waals surface area contributed by atoms with Gasteiger partial charge in [0.05, 0.1) is 0 Å². The SMILES string of the molecule is CC(=O)c1cccc(NC(=O)N2CCC[C@H]2c2nc(-c3ccccc3)no2)c1. The molecule has 2 heterocycles. The smallest absolute Gasteiger partial charge is 0.322 e. The van der Waals surface area contributed by atoms with Crippen LogP contribution in [-0.2, 0) is 0 Å². The van der Waals surface area contributed by atoms with E-state index in [-0.39, 0.29) is 17.9 Å². The molecule has 0 spiro atoms. The average Bonchev–Trinajstić information content (AvgIpc) is 3.38. The van der Waals surface area contributed by atoms with Gasteiger partial charge in [0.15, 0.2) is 5.78 Å². The fourth-order valence-corrected chi connectivity index (χ4v) is 3.35. The number of urea groups is 1. The zero-order valence-electron chi connectivity index (χ0n) is 15.5. The maximum Gasteiger partial charge on any atom is 0.322 e. The number of likely N-dealkylation sites (tertiary alicyclic amines) is 1. The zero-order chi connectivity index (χ0) is 19.5. The van der Waals surface area contributed by atoms with Crippen molar-refractivity contribution in [2.24, 2.45) is 0 Å². The highest BCUT2D eigenvalue weighted by molar-refractivity contribution is 5.96. The van der Waals surface area contributed by atoms with Crippen LogP contribution in [0.5, 0.6) is 0 Å². The summed E-state index contributed by atoms with van der Waals surface area (Å²) in [7, 11) is 0. The third-order valence-corrected chi connectivity index (χ3v) is 4.79. The molecule has 2 aromatic carbocycles. The van der Waals surface area contributed by atoms with Crippen molar-refractivity contribution in [1.29, 1.82) is 0 Å². The Hall–Kier alpha value is -3.48. The molecule has 0 aliphatic carbocycles. The van der Waals surface area contributed by atoms with Crippen LogP contribution < -0.4 is 5.32 Å². The van der Waals surface area contributed by atoms with Crippen LogP contribution in [0.25, 0.3) is 11.4 Å². The summed E-state index contributed by atoms with van der Waals surface area (Å²) in [4.78, 5) is 30.5. The minimum absolute atomic E-state index is 0.0468. The first-order chi connectivity index (χ1) is 13.6. The number of Topliss-reactive ketones (excluding diaryl/α,β-unsaturated/α-hetero) is 1. The van der Waals surface area contributed by atoms with Gasteiger partial charge in [0.2, 0.25) is 11.7 Å². The number of carbonyl (C=O) groups excluding carboxylic acids is 2. The van der Waals surface area contributed by atoms with Crippen molar-refractivity contribution in [3.05, 3.63) is 66.1 Å². The molecule has 28 heavy (non-hydrogen) atoms. The second-order valence-electron chi connectivity index (χ2n) is 6.74. The molecule has 7 heteroatoms. The van der Waals surface area contributed by atoms with E-state index < -0.39 is 0 Å². The van der Waals surface area contributed by atoms with Crippen LogP contribution in [-0.4, -0.2) is 33.4 Å². The topological polar surface area (TPSA) is 88.3 Å². The fourth-order valence-electron chi connectivity index (χ4n) is 3.35. The van der Waals surface area contributed by atoms with Gasteiger partial charge >= 0.3 is 6.03 Å². The molecule has 1 fully saturated rings. The Labute approximate surface area is 162 Å². The molecule has 0 unspecified atom stereocenters. The minimum Gasteiger partial charge on any atom is -0.337 e. The van der Waals surface area contributed by atoms with E-state index in [1.54, 1.807) is 29.2 Å². The number of anilines is 1. The van der Waals surface area contributed by atoms with Crippen LogP contribution in [0.2, 0.25) is 0 Å². The summed E-state index contributed by atoms with van der Waals surface area (Å²) >= 11 is 0. The van der Waals surface area contributed by atoms with Crippen molar-refractivity contribution in [3.8, 4) is 11.4 Å². The molecule has 4 rings (SSSR count). The Bertz CT molecular complexity index is 1000. The first-order valence-corrected chi connectivity index (χ1v) is 9.19. The molecule has 0 bridgehead atoms. The van der Waals surface area contributed by atoms with Crippen LogP contribution in [0.4, 0.5) is 10.5 Å². The maximum absolute atomic E-state index is 12.8. The maximum atomic E-state index is 12.8. The fraction of sp³-hybridized carbons (Fsp3) is 0.238. The molecule has 1 aliphatic rings. The van der Waals surface area contributed by atoms with Crippen molar-refractivity contribution in [1.82, 2.24) is 15.0 Å². The number of carbonyl (C=O) groups is 2. The summed E-state index contributed by atoms with van der Waals surface area (Å²) in [6, 6.07) is 16.0. The van der Waals surface area contributed by atoms with Crippen LogP contribution in [0, 0.1) is 0 Å². The molecule has 1 aromatic heterocycles. The largest absolute Gasteiger partial charge is 0.337 e. The number of rotatable bonds is 4. The van der Waals surface area contributed by atoms with Crippen LogP contribution in [0.1, 0.15) is 42.1 Å². The Morgan fingerprint density at radius 3 is 2.75 bits per heavy atom. The van der Waals surface area contributed by atoms with Crippen molar-refractivity contribution in [2.75, 3.05) is 11.9 Å². The molecule has 1 saturated heterocycles. The summed E-state index contributed by atoms with van der Waals surface area (Å²) in [5, 5.41) is 6.92. The van der Waals surface area contributed by atoms with E-state index >= 15 is 0 Å². The quantitative estimate of drug-likeness (QED) is 0.686. The molecule has 0 saturated carbocycles. The molecule has 142 valence electrons. The normalized spacial score (nSPS) is 16.2. The average molecular weight is 376 g/mol. The number of hydrogen-bond acceptors (Lipinski definition) is 5. The van der Waals surface area contributed by atoms with Gasteiger partial charge in [-0.1, -0.05) is 47.6 Å². The van der Waals surface area contributed by atoms with E-state index in [2.05, 4.69) is 15.5 Å². The number of nitrogens with zero attached hydrogens (tertiary/aromatic N) is 3. The Morgan fingerprint density at radius 1 is 1.14 bits per heavy atom. The van der Waals surface area contributed by atoms with Gasteiger partial charge in [0.25, 0.3) is 0 Å². The van der Waals surface area contributed by atoms with Crippen LogP contribution >= 0.6 is 0 Å². The molecule has 3 aromatic rings. The summed E-state index contributed by atoms with van der Waals surface area (Å²) < 4.78 is 5.46. The van der Waals surface area contributed by atoms with E-state index in [0.717, 1.165) is 18.4 Å². The predicted molar refractivity (Wildman–Crippen MR) is 104 cm³/mol. The predicted octanol–water partition coefficient (Wildman–Crippen LogP) is 4.31. The monoisotopic (exact) mass is 376 g/mol. The number of benzene rings is 2. The van der Waals surface area contributed by atoms with Crippen molar-refractivity contribution < 1.29 is 14.1 Å². The summed E-state index contributed by atoms with van der Waals surface area (Å²) in [6.07, 6.45) is 1.62. The van der Waals surface area contributed by atoms with Gasteiger partial charge in [-0.05, 0) is 31.9 Å². The lowest BCUT2D eigenvalue weighted by Gasteiger charge is -2.22. The summed E-state index contributed by atoms with van der Waals surface area (Å²) in [5.41, 5.74) is 2.01. The third-order valence-electron chi connectivity index (χ3n) is 4.79. The standard InChI is InChI=1S/C21H20N4O3/c1-14(26)16-9-5-10-17(13-16)22-21(27)25-12-6-11-18(25)20-23-19(24-28-20)15-7-3-2-4-8-15/h2-5,7-10,13,18H,6,11-12H2,1H3,(H,22,27)/t18-/m0/s1. The molecule has 1 aliphatic heterocycles. The Morgan fingerprint density at radius 2 is 1.96 bits per heavy atom. The highest BCUT2D eigenvalue weighted by Crippen LogP contribution is 2.32. The van der Waals surface area contributed by atoms with Gasteiger partial charge in [-0.15, -0.1) is 0 Å². The van der Waals surface area contributed by atoms with E-state index in [0.29, 0.717) is 29.5 Å². The van der Waals surface area contributed by atoms with Gasteiger partial charge in [-0.2, -0.15) is 4.98 Å². The number of ketones is 1. The number of hydrogen-bond donors (Lipinski definition) is 1. The second kappa shape index (κ2) is 7.64. The lowest BCUT2D eigenvalue weighted by Crippen LogP contribution is -2.34. The third kappa shape index (κ3) is 3.64. The van der Waals surface area contributed by atoms with E-state index in [4.69, 9.17) is 4.52 Å². The Balaban J connectivity index is 1.51. The molecule has 2 amide bonds. The molecular formula is C21H20N4O3.